The number of anilines is 2. The van der Waals surface area contributed by atoms with Crippen LogP contribution in [0.4, 0.5) is 11.6 Å². The fraction of sp³-hybridized carbons (Fsp3) is 0.172. The van der Waals surface area contributed by atoms with Crippen molar-refractivity contribution < 1.29 is 16.8 Å². The van der Waals surface area contributed by atoms with Crippen LogP contribution in [0.3, 0.4) is 0 Å². The summed E-state index contributed by atoms with van der Waals surface area (Å²) >= 11 is 0. The Balaban J connectivity index is 0.000000195. The van der Waals surface area contributed by atoms with Gasteiger partial charge in [0.2, 0.25) is 16.0 Å². The highest BCUT2D eigenvalue weighted by atomic mass is 32.2. The molecule has 5 rings (SSSR count). The average Bonchev–Trinajstić information content (AvgIpc) is 3.29. The van der Waals surface area contributed by atoms with Crippen molar-refractivity contribution in [3.63, 3.8) is 0 Å². The number of nitrogens with zero attached hydrogens (tertiary/aromatic N) is 3. The fourth-order valence-corrected chi connectivity index (χ4v) is 5.72. The average molecular weight is 593 g/mol. The van der Waals surface area contributed by atoms with E-state index in [4.69, 9.17) is 5.14 Å². The number of nitrogens with one attached hydrogen (secondary N) is 2. The molecule has 0 radical (unpaired) electrons. The number of nitrogens with two attached hydrogens (primary N) is 1. The standard InChI is InChI=1S/C17H19N3O2S.C12H13N3O2S/c1-2-20-12-13(16-5-3-4-6-17(16)20)11-19-14-7-9-15(10-8-14)23(18,21)22;1-9-8-10(2)14-12(13-9)15-18(16,17)11-6-4-3-5-7-11/h3-10,12,19H,2,11H2,1H3,(H2,18,21,22);3-8H,1-2H3,(H,13,14,15). The summed E-state index contributed by atoms with van der Waals surface area (Å²) in [6.45, 7) is 7.28. The smallest absolute Gasteiger partial charge is 0.264 e. The molecule has 41 heavy (non-hydrogen) atoms. The zero-order chi connectivity index (χ0) is 29.6. The first-order valence-corrected chi connectivity index (χ1v) is 15.8. The SMILES string of the molecule is CCn1cc(CNc2ccc(S(N)(=O)=O)cc2)c2ccccc21.Cc1cc(C)nc(NS(=O)(=O)c2ccccc2)n1. The molecule has 0 fully saturated rings. The first-order valence-electron chi connectivity index (χ1n) is 12.8. The van der Waals surface area contributed by atoms with Gasteiger partial charge in [-0.25, -0.2) is 36.7 Å². The number of hydrogen-bond acceptors (Lipinski definition) is 7. The van der Waals surface area contributed by atoms with Gasteiger partial charge < -0.3 is 9.88 Å². The minimum absolute atomic E-state index is 0.0938. The fourth-order valence-electron chi connectivity index (χ4n) is 4.24. The van der Waals surface area contributed by atoms with E-state index in [0.29, 0.717) is 17.9 Å². The summed E-state index contributed by atoms with van der Waals surface area (Å²) in [4.78, 5) is 8.39. The van der Waals surface area contributed by atoms with Crippen molar-refractivity contribution in [2.45, 2.75) is 43.7 Å². The minimum Gasteiger partial charge on any atom is -0.381 e. The summed E-state index contributed by atoms with van der Waals surface area (Å²) in [5, 5.41) is 9.65. The third-order valence-corrected chi connectivity index (χ3v) is 8.41. The summed E-state index contributed by atoms with van der Waals surface area (Å²) in [6.07, 6.45) is 2.15. The van der Waals surface area contributed by atoms with E-state index in [0.717, 1.165) is 12.2 Å². The number of primary sulfonamides is 1. The van der Waals surface area contributed by atoms with E-state index in [-0.39, 0.29) is 15.7 Å². The number of aryl methyl sites for hydroxylation is 3. The van der Waals surface area contributed by atoms with Crippen molar-refractivity contribution in [1.82, 2.24) is 14.5 Å². The molecule has 10 nitrogen and oxygen atoms in total. The van der Waals surface area contributed by atoms with Gasteiger partial charge in [-0.1, -0.05) is 36.4 Å². The quantitative estimate of drug-likeness (QED) is 0.234. The lowest BCUT2D eigenvalue weighted by molar-refractivity contribution is 0.597. The second-order valence-electron chi connectivity index (χ2n) is 9.27. The van der Waals surface area contributed by atoms with Gasteiger partial charge in [-0.3, -0.25) is 0 Å². The number of sulfonamides is 2. The van der Waals surface area contributed by atoms with Crippen molar-refractivity contribution in [2.24, 2.45) is 5.14 Å². The molecule has 0 amide bonds. The van der Waals surface area contributed by atoms with Crippen LogP contribution in [0.1, 0.15) is 23.9 Å². The molecule has 2 aromatic heterocycles. The molecule has 12 heteroatoms. The Bertz CT molecular complexity index is 1830. The second kappa shape index (κ2) is 12.5. The molecular formula is C29H32N6O4S2. The number of fused-ring (bicyclic) bond motifs is 1. The monoisotopic (exact) mass is 592 g/mol. The molecule has 0 saturated carbocycles. The van der Waals surface area contributed by atoms with Crippen molar-refractivity contribution in [1.29, 1.82) is 0 Å². The topological polar surface area (TPSA) is 149 Å². The van der Waals surface area contributed by atoms with Gasteiger partial charge in [0.15, 0.2) is 0 Å². The molecule has 5 aromatic rings. The van der Waals surface area contributed by atoms with E-state index < -0.39 is 20.0 Å². The highest BCUT2D eigenvalue weighted by Gasteiger charge is 2.15. The Hall–Kier alpha value is -4.26. The summed E-state index contributed by atoms with van der Waals surface area (Å²) in [5.74, 6) is 0.0938. The molecule has 0 unspecified atom stereocenters. The molecule has 214 valence electrons. The van der Waals surface area contributed by atoms with E-state index in [2.05, 4.69) is 49.8 Å². The van der Waals surface area contributed by atoms with Crippen LogP contribution in [0.15, 0.2) is 101 Å². The Morgan fingerprint density at radius 1 is 0.805 bits per heavy atom. The highest BCUT2D eigenvalue weighted by Crippen LogP contribution is 2.23. The zero-order valence-corrected chi connectivity index (χ0v) is 24.6. The van der Waals surface area contributed by atoms with E-state index in [1.807, 2.05) is 12.1 Å². The zero-order valence-electron chi connectivity index (χ0n) is 22.9. The predicted molar refractivity (Wildman–Crippen MR) is 162 cm³/mol. The van der Waals surface area contributed by atoms with E-state index in [1.165, 1.54) is 40.7 Å². The summed E-state index contributed by atoms with van der Waals surface area (Å²) in [7, 11) is -7.27. The van der Waals surface area contributed by atoms with Gasteiger partial charge in [-0.05, 0) is 74.9 Å². The lowest BCUT2D eigenvalue weighted by atomic mass is 10.2. The van der Waals surface area contributed by atoms with Crippen LogP contribution in [0.2, 0.25) is 0 Å². The molecule has 0 saturated heterocycles. The molecule has 0 bridgehead atoms. The van der Waals surface area contributed by atoms with Crippen molar-refractivity contribution in [3.05, 3.63) is 108 Å². The Morgan fingerprint density at radius 3 is 2.02 bits per heavy atom. The van der Waals surface area contributed by atoms with Crippen molar-refractivity contribution >= 4 is 42.6 Å². The number of para-hydroxylation sites is 1. The van der Waals surface area contributed by atoms with Gasteiger partial charge in [-0.15, -0.1) is 0 Å². The first kappa shape index (κ1) is 29.7. The van der Waals surface area contributed by atoms with Crippen LogP contribution >= 0.6 is 0 Å². The molecule has 0 aliphatic carbocycles. The molecule has 0 aliphatic heterocycles. The van der Waals surface area contributed by atoms with Gasteiger partial charge in [0.05, 0.1) is 9.79 Å². The van der Waals surface area contributed by atoms with Crippen molar-refractivity contribution in [2.75, 3.05) is 10.0 Å². The maximum Gasteiger partial charge on any atom is 0.264 e. The maximum absolute atomic E-state index is 12.0. The van der Waals surface area contributed by atoms with Gasteiger partial charge in [-0.2, -0.15) is 0 Å². The molecule has 0 spiro atoms. The molecule has 0 atom stereocenters. The number of benzene rings is 3. The number of rotatable bonds is 8. The Morgan fingerprint density at radius 2 is 1.41 bits per heavy atom. The molecule has 3 aromatic carbocycles. The molecular weight excluding hydrogens is 560 g/mol. The highest BCUT2D eigenvalue weighted by molar-refractivity contribution is 7.92. The first-order chi connectivity index (χ1) is 19.5. The van der Waals surface area contributed by atoms with Gasteiger partial charge >= 0.3 is 0 Å². The normalized spacial score (nSPS) is 11.5. The third kappa shape index (κ3) is 7.69. The van der Waals surface area contributed by atoms with Crippen molar-refractivity contribution in [3.8, 4) is 0 Å². The predicted octanol–water partition coefficient (Wildman–Crippen LogP) is 4.81. The van der Waals surface area contributed by atoms with Crippen LogP contribution in [0, 0.1) is 13.8 Å². The summed E-state index contributed by atoms with van der Waals surface area (Å²) < 4.78 is 51.2. The lowest BCUT2D eigenvalue weighted by Crippen LogP contribution is -2.15. The van der Waals surface area contributed by atoms with Crippen LogP contribution in [-0.2, 0) is 33.1 Å². The Labute approximate surface area is 240 Å². The van der Waals surface area contributed by atoms with Gasteiger partial charge in [0.1, 0.15) is 0 Å². The second-order valence-corrected chi connectivity index (χ2v) is 12.5. The summed E-state index contributed by atoms with van der Waals surface area (Å²) in [6, 6.07) is 24.7. The van der Waals surface area contributed by atoms with E-state index in [1.54, 1.807) is 50.2 Å². The number of hydrogen-bond donors (Lipinski definition) is 3. The molecule has 0 aliphatic rings. The van der Waals surface area contributed by atoms with Crippen LogP contribution in [0.25, 0.3) is 10.9 Å². The third-order valence-electron chi connectivity index (χ3n) is 6.14. The van der Waals surface area contributed by atoms with Gasteiger partial charge in [0, 0.05) is 47.3 Å². The maximum atomic E-state index is 12.0. The number of aromatic nitrogens is 3. The largest absolute Gasteiger partial charge is 0.381 e. The summed E-state index contributed by atoms with van der Waals surface area (Å²) in [5.41, 5.74) is 4.71. The van der Waals surface area contributed by atoms with Gasteiger partial charge in [0.25, 0.3) is 10.0 Å². The minimum atomic E-state index is -3.65. The van der Waals surface area contributed by atoms with E-state index >= 15 is 0 Å². The van der Waals surface area contributed by atoms with E-state index in [9.17, 15) is 16.8 Å². The lowest BCUT2D eigenvalue weighted by Gasteiger charge is -2.07. The Kier molecular flexibility index (Phi) is 9.06. The van der Waals surface area contributed by atoms with Crippen LogP contribution < -0.4 is 15.2 Å². The molecule has 4 N–H and O–H groups in total. The van der Waals surface area contributed by atoms with Crippen LogP contribution in [-0.4, -0.2) is 31.4 Å². The van der Waals surface area contributed by atoms with Crippen LogP contribution in [0.5, 0.6) is 0 Å². The molecule has 2 heterocycles.